The second kappa shape index (κ2) is 7.58. The van der Waals surface area contributed by atoms with Crippen molar-refractivity contribution in [3.05, 3.63) is 30.9 Å². The molecule has 0 aliphatic carbocycles. The molecule has 0 radical (unpaired) electrons. The van der Waals surface area contributed by atoms with E-state index in [1.165, 1.54) is 0 Å². The minimum absolute atomic E-state index is 0.776. The Morgan fingerprint density at radius 1 is 1.26 bits per heavy atom. The first kappa shape index (κ1) is 13.6. The van der Waals surface area contributed by atoms with E-state index in [4.69, 9.17) is 4.74 Å². The van der Waals surface area contributed by atoms with Crippen molar-refractivity contribution in [3.63, 3.8) is 0 Å². The fourth-order valence-corrected chi connectivity index (χ4v) is 1.82. The molecule has 2 aromatic heterocycles. The SMILES string of the molecule is CCOCCCNc1nccn1CCn1cccn1. The fraction of sp³-hybridized carbons (Fsp3) is 0.538. The third-order valence-electron chi connectivity index (χ3n) is 2.80. The van der Waals surface area contributed by atoms with Crippen molar-refractivity contribution in [2.75, 3.05) is 25.1 Å². The van der Waals surface area contributed by atoms with Gasteiger partial charge in [0, 0.05) is 51.1 Å². The maximum atomic E-state index is 5.30. The van der Waals surface area contributed by atoms with Gasteiger partial charge < -0.3 is 14.6 Å². The number of rotatable bonds is 9. The van der Waals surface area contributed by atoms with Crippen LogP contribution in [0.25, 0.3) is 0 Å². The quantitative estimate of drug-likeness (QED) is 0.698. The van der Waals surface area contributed by atoms with Crippen LogP contribution in [-0.4, -0.2) is 39.1 Å². The van der Waals surface area contributed by atoms with Gasteiger partial charge in [-0.1, -0.05) is 0 Å². The number of hydrogen-bond acceptors (Lipinski definition) is 4. The van der Waals surface area contributed by atoms with Crippen LogP contribution in [0.1, 0.15) is 13.3 Å². The van der Waals surface area contributed by atoms with Crippen LogP contribution in [0, 0.1) is 0 Å². The van der Waals surface area contributed by atoms with Crippen LogP contribution in [0.15, 0.2) is 30.9 Å². The zero-order chi connectivity index (χ0) is 13.3. The van der Waals surface area contributed by atoms with Crippen molar-refractivity contribution < 1.29 is 4.74 Å². The minimum atomic E-state index is 0.776. The van der Waals surface area contributed by atoms with Crippen LogP contribution < -0.4 is 5.32 Å². The van der Waals surface area contributed by atoms with Crippen LogP contribution >= 0.6 is 0 Å². The van der Waals surface area contributed by atoms with Gasteiger partial charge >= 0.3 is 0 Å². The van der Waals surface area contributed by atoms with Crippen LogP contribution in [0.3, 0.4) is 0 Å². The van der Waals surface area contributed by atoms with E-state index in [0.717, 1.165) is 45.2 Å². The van der Waals surface area contributed by atoms with E-state index in [1.54, 1.807) is 6.20 Å². The Morgan fingerprint density at radius 2 is 2.21 bits per heavy atom. The molecular weight excluding hydrogens is 242 g/mol. The molecule has 0 unspecified atom stereocenters. The lowest BCUT2D eigenvalue weighted by atomic mass is 10.4. The van der Waals surface area contributed by atoms with Gasteiger partial charge in [0.15, 0.2) is 0 Å². The molecule has 19 heavy (non-hydrogen) atoms. The van der Waals surface area contributed by atoms with Gasteiger partial charge in [-0.15, -0.1) is 0 Å². The molecule has 2 rings (SSSR count). The molecule has 2 aromatic rings. The molecule has 104 valence electrons. The summed E-state index contributed by atoms with van der Waals surface area (Å²) in [5, 5.41) is 7.51. The first-order valence-corrected chi connectivity index (χ1v) is 6.70. The van der Waals surface area contributed by atoms with Crippen molar-refractivity contribution in [1.29, 1.82) is 0 Å². The van der Waals surface area contributed by atoms with Crippen molar-refractivity contribution in [1.82, 2.24) is 19.3 Å². The second-order valence-electron chi connectivity index (χ2n) is 4.19. The summed E-state index contributed by atoms with van der Waals surface area (Å²) < 4.78 is 9.32. The Labute approximate surface area is 113 Å². The van der Waals surface area contributed by atoms with Crippen molar-refractivity contribution in [2.24, 2.45) is 0 Å². The highest BCUT2D eigenvalue weighted by Crippen LogP contribution is 2.04. The van der Waals surface area contributed by atoms with Gasteiger partial charge in [-0.3, -0.25) is 4.68 Å². The fourth-order valence-electron chi connectivity index (χ4n) is 1.82. The summed E-state index contributed by atoms with van der Waals surface area (Å²) >= 11 is 0. The third-order valence-corrected chi connectivity index (χ3v) is 2.80. The number of nitrogens with zero attached hydrogens (tertiary/aromatic N) is 4. The van der Waals surface area contributed by atoms with Gasteiger partial charge in [0.1, 0.15) is 0 Å². The number of ether oxygens (including phenoxy) is 1. The Hall–Kier alpha value is -1.82. The monoisotopic (exact) mass is 263 g/mol. The summed E-state index contributed by atoms with van der Waals surface area (Å²) in [5.41, 5.74) is 0. The second-order valence-corrected chi connectivity index (χ2v) is 4.19. The Morgan fingerprint density at radius 3 is 3.00 bits per heavy atom. The van der Waals surface area contributed by atoms with E-state index in [0.29, 0.717) is 0 Å². The summed E-state index contributed by atoms with van der Waals surface area (Å²) in [6, 6.07) is 1.93. The largest absolute Gasteiger partial charge is 0.382 e. The summed E-state index contributed by atoms with van der Waals surface area (Å²) in [6.07, 6.45) is 8.54. The number of aromatic nitrogens is 4. The van der Waals surface area contributed by atoms with Crippen molar-refractivity contribution in [3.8, 4) is 0 Å². The molecular formula is C13H21N5O. The van der Waals surface area contributed by atoms with Crippen LogP contribution in [-0.2, 0) is 17.8 Å². The lowest BCUT2D eigenvalue weighted by Crippen LogP contribution is -2.13. The van der Waals surface area contributed by atoms with E-state index >= 15 is 0 Å². The molecule has 0 atom stereocenters. The summed E-state index contributed by atoms with van der Waals surface area (Å²) in [5.74, 6) is 0.906. The lowest BCUT2D eigenvalue weighted by Gasteiger charge is -2.10. The predicted octanol–water partition coefficient (Wildman–Crippen LogP) is 1.62. The minimum Gasteiger partial charge on any atom is -0.382 e. The lowest BCUT2D eigenvalue weighted by molar-refractivity contribution is 0.147. The van der Waals surface area contributed by atoms with Crippen molar-refractivity contribution in [2.45, 2.75) is 26.4 Å². The number of hydrogen-bond donors (Lipinski definition) is 1. The van der Waals surface area contributed by atoms with Crippen LogP contribution in [0.2, 0.25) is 0 Å². The van der Waals surface area contributed by atoms with Gasteiger partial charge in [-0.2, -0.15) is 5.10 Å². The maximum absolute atomic E-state index is 5.30. The molecule has 0 amide bonds. The molecule has 0 saturated heterocycles. The van der Waals surface area contributed by atoms with Crippen LogP contribution in [0.4, 0.5) is 5.95 Å². The highest BCUT2D eigenvalue weighted by atomic mass is 16.5. The molecule has 0 spiro atoms. The molecule has 0 aromatic carbocycles. The van der Waals surface area contributed by atoms with Crippen LogP contribution in [0.5, 0.6) is 0 Å². The molecule has 0 bridgehead atoms. The first-order chi connectivity index (χ1) is 9.40. The summed E-state index contributed by atoms with van der Waals surface area (Å²) in [7, 11) is 0. The normalized spacial score (nSPS) is 10.8. The number of imidazole rings is 1. The molecule has 6 heteroatoms. The highest BCUT2D eigenvalue weighted by molar-refractivity contribution is 5.25. The number of nitrogens with one attached hydrogen (secondary N) is 1. The molecule has 1 N–H and O–H groups in total. The van der Waals surface area contributed by atoms with E-state index in [9.17, 15) is 0 Å². The molecule has 0 fully saturated rings. The van der Waals surface area contributed by atoms with Gasteiger partial charge in [-0.25, -0.2) is 4.98 Å². The third kappa shape index (κ3) is 4.40. The Bertz CT molecular complexity index is 451. The molecule has 0 aliphatic rings. The van der Waals surface area contributed by atoms with Crippen molar-refractivity contribution >= 4 is 5.95 Å². The van der Waals surface area contributed by atoms with E-state index in [-0.39, 0.29) is 0 Å². The van der Waals surface area contributed by atoms with E-state index in [1.807, 2.05) is 36.3 Å². The molecule has 0 aliphatic heterocycles. The zero-order valence-corrected chi connectivity index (χ0v) is 11.3. The smallest absolute Gasteiger partial charge is 0.202 e. The highest BCUT2D eigenvalue weighted by Gasteiger charge is 2.01. The van der Waals surface area contributed by atoms with Gasteiger partial charge in [0.25, 0.3) is 0 Å². The Kier molecular flexibility index (Phi) is 5.43. The summed E-state index contributed by atoms with van der Waals surface area (Å²) in [6.45, 7) is 6.15. The van der Waals surface area contributed by atoms with Gasteiger partial charge in [0.2, 0.25) is 5.95 Å². The molecule has 6 nitrogen and oxygen atoms in total. The molecule has 2 heterocycles. The summed E-state index contributed by atoms with van der Waals surface area (Å²) in [4.78, 5) is 4.32. The average Bonchev–Trinajstić information content (AvgIpc) is 3.07. The predicted molar refractivity (Wildman–Crippen MR) is 74.1 cm³/mol. The van der Waals surface area contributed by atoms with E-state index < -0.39 is 0 Å². The topological polar surface area (TPSA) is 56.9 Å². The zero-order valence-electron chi connectivity index (χ0n) is 11.3. The van der Waals surface area contributed by atoms with Gasteiger partial charge in [0.05, 0.1) is 6.54 Å². The number of anilines is 1. The molecule has 0 saturated carbocycles. The van der Waals surface area contributed by atoms with E-state index in [2.05, 4.69) is 20.0 Å². The standard InChI is InChI=1S/C13H21N5O/c1-2-19-12-4-5-14-13-15-7-9-17(13)10-11-18-8-3-6-16-18/h3,6-9H,2,4-5,10-12H2,1H3,(H,14,15). The van der Waals surface area contributed by atoms with Gasteiger partial charge in [-0.05, 0) is 19.4 Å². The Balaban J connectivity index is 1.74. The average molecular weight is 263 g/mol. The first-order valence-electron chi connectivity index (χ1n) is 6.70. The number of aryl methyl sites for hydroxylation is 2. The maximum Gasteiger partial charge on any atom is 0.202 e.